The van der Waals surface area contributed by atoms with Gasteiger partial charge in [-0.3, -0.25) is 4.79 Å². The van der Waals surface area contributed by atoms with Crippen LogP contribution in [-0.4, -0.2) is 23.0 Å². The van der Waals surface area contributed by atoms with Gasteiger partial charge in [0.1, 0.15) is 5.82 Å². The van der Waals surface area contributed by atoms with E-state index in [0.717, 1.165) is 16.9 Å². The molecule has 1 atom stereocenters. The summed E-state index contributed by atoms with van der Waals surface area (Å²) in [7, 11) is 1.80. The van der Waals surface area contributed by atoms with E-state index < -0.39 is 6.04 Å². The van der Waals surface area contributed by atoms with Gasteiger partial charge in [-0.2, -0.15) is 0 Å². The van der Waals surface area contributed by atoms with Crippen LogP contribution in [0, 0.1) is 12.7 Å². The minimum absolute atomic E-state index is 0.243. The van der Waals surface area contributed by atoms with Crippen molar-refractivity contribution >= 4 is 28.9 Å². The highest BCUT2D eigenvalue weighted by Crippen LogP contribution is 2.31. The quantitative estimate of drug-likeness (QED) is 0.806. The minimum atomic E-state index is -0.515. The number of nitrogens with zero attached hydrogens (tertiary/aromatic N) is 1. The van der Waals surface area contributed by atoms with Crippen LogP contribution in [0.3, 0.4) is 0 Å². The summed E-state index contributed by atoms with van der Waals surface area (Å²) in [6.45, 7) is 3.77. The number of carbonyl (C=O) groups is 1. The van der Waals surface area contributed by atoms with Crippen LogP contribution in [0.2, 0.25) is 0 Å². The van der Waals surface area contributed by atoms with Gasteiger partial charge in [0.25, 0.3) is 5.91 Å². The molecule has 1 amide bonds. The SMILES string of the molecule is CC1=C(C(=O)Nc2ccccc2C)C(c2cccc(F)c2)NC(=S)N1C. The van der Waals surface area contributed by atoms with Gasteiger partial charge >= 0.3 is 0 Å². The van der Waals surface area contributed by atoms with Crippen molar-refractivity contribution in [3.63, 3.8) is 0 Å². The first-order chi connectivity index (χ1) is 12.4. The third-order valence-electron chi connectivity index (χ3n) is 4.57. The summed E-state index contributed by atoms with van der Waals surface area (Å²) in [5, 5.41) is 6.59. The summed E-state index contributed by atoms with van der Waals surface area (Å²) >= 11 is 5.36. The molecule has 1 heterocycles. The lowest BCUT2D eigenvalue weighted by atomic mass is 9.94. The summed E-state index contributed by atoms with van der Waals surface area (Å²) in [5.41, 5.74) is 3.60. The Kier molecular flexibility index (Phi) is 5.04. The molecule has 0 saturated heterocycles. The predicted molar refractivity (Wildman–Crippen MR) is 105 cm³/mol. The Morgan fingerprint density at radius 1 is 1.19 bits per heavy atom. The van der Waals surface area contributed by atoms with Crippen molar-refractivity contribution in [1.29, 1.82) is 0 Å². The molecule has 1 aliphatic rings. The molecule has 2 aromatic carbocycles. The number of halogens is 1. The van der Waals surface area contributed by atoms with Gasteiger partial charge in [0, 0.05) is 18.4 Å². The van der Waals surface area contributed by atoms with Crippen LogP contribution >= 0.6 is 12.2 Å². The third kappa shape index (κ3) is 3.46. The molecule has 0 spiro atoms. The summed E-state index contributed by atoms with van der Waals surface area (Å²) in [6, 6.07) is 13.3. The lowest BCUT2D eigenvalue weighted by Crippen LogP contribution is -2.46. The number of amides is 1. The van der Waals surface area contributed by atoms with Crippen LogP contribution in [-0.2, 0) is 4.79 Å². The number of hydrogen-bond donors (Lipinski definition) is 2. The Labute approximate surface area is 157 Å². The summed E-state index contributed by atoms with van der Waals surface area (Å²) in [4.78, 5) is 14.8. The standard InChI is InChI=1S/C20H20FN3OS/c1-12-7-4-5-10-16(12)22-19(25)17-13(2)24(3)20(26)23-18(17)14-8-6-9-15(21)11-14/h4-11,18H,1-3H3,(H,22,25)(H,23,26). The number of anilines is 1. The fraction of sp³-hybridized carbons (Fsp3) is 0.200. The van der Waals surface area contributed by atoms with E-state index in [0.29, 0.717) is 16.2 Å². The second-order valence-corrected chi connectivity index (χ2v) is 6.65. The number of carbonyl (C=O) groups excluding carboxylic acids is 1. The van der Waals surface area contributed by atoms with Gasteiger partial charge in [-0.1, -0.05) is 30.3 Å². The maximum Gasteiger partial charge on any atom is 0.255 e. The normalized spacial score (nSPS) is 17.2. The fourth-order valence-corrected chi connectivity index (χ4v) is 3.22. The first kappa shape index (κ1) is 18.1. The maximum atomic E-state index is 13.7. The van der Waals surface area contributed by atoms with E-state index in [1.165, 1.54) is 12.1 Å². The van der Waals surface area contributed by atoms with E-state index in [1.807, 2.05) is 38.1 Å². The van der Waals surface area contributed by atoms with E-state index >= 15 is 0 Å². The second kappa shape index (κ2) is 7.25. The van der Waals surface area contributed by atoms with E-state index in [1.54, 1.807) is 24.1 Å². The molecule has 0 aliphatic carbocycles. The van der Waals surface area contributed by atoms with Crippen LogP contribution in [0.1, 0.15) is 24.1 Å². The highest BCUT2D eigenvalue weighted by molar-refractivity contribution is 7.80. The Balaban J connectivity index is 2.02. The molecule has 6 heteroatoms. The van der Waals surface area contributed by atoms with Gasteiger partial charge in [-0.15, -0.1) is 0 Å². The third-order valence-corrected chi connectivity index (χ3v) is 4.97. The summed E-state index contributed by atoms with van der Waals surface area (Å²) < 4.78 is 13.7. The summed E-state index contributed by atoms with van der Waals surface area (Å²) in [5.74, 6) is -0.599. The Morgan fingerprint density at radius 3 is 2.62 bits per heavy atom. The lowest BCUT2D eigenvalue weighted by Gasteiger charge is -2.35. The van der Waals surface area contributed by atoms with Crippen LogP contribution in [0.15, 0.2) is 59.8 Å². The second-order valence-electron chi connectivity index (χ2n) is 6.26. The molecule has 2 N–H and O–H groups in total. The number of aryl methyl sites for hydroxylation is 1. The zero-order chi connectivity index (χ0) is 18.8. The van der Waals surface area contributed by atoms with Gasteiger partial charge in [-0.05, 0) is 55.4 Å². The number of thiocarbonyl (C=S) groups is 1. The summed E-state index contributed by atoms with van der Waals surface area (Å²) in [6.07, 6.45) is 0. The van der Waals surface area contributed by atoms with Crippen LogP contribution in [0.4, 0.5) is 10.1 Å². The smallest absolute Gasteiger partial charge is 0.255 e. The van der Waals surface area contributed by atoms with Gasteiger partial charge in [0.05, 0.1) is 11.6 Å². The molecular formula is C20H20FN3OS. The maximum absolute atomic E-state index is 13.7. The number of allylic oxidation sites excluding steroid dienone is 1. The van der Waals surface area contributed by atoms with Crippen LogP contribution in [0.5, 0.6) is 0 Å². The van der Waals surface area contributed by atoms with Crippen LogP contribution < -0.4 is 10.6 Å². The Morgan fingerprint density at radius 2 is 1.92 bits per heavy atom. The van der Waals surface area contributed by atoms with E-state index in [4.69, 9.17) is 12.2 Å². The topological polar surface area (TPSA) is 44.4 Å². The monoisotopic (exact) mass is 369 g/mol. The molecule has 0 radical (unpaired) electrons. The number of benzene rings is 2. The van der Waals surface area contributed by atoms with Gasteiger partial charge in [0.15, 0.2) is 5.11 Å². The van der Waals surface area contributed by atoms with Crippen molar-refractivity contribution < 1.29 is 9.18 Å². The van der Waals surface area contributed by atoms with E-state index in [9.17, 15) is 9.18 Å². The largest absolute Gasteiger partial charge is 0.351 e. The zero-order valence-corrected chi connectivity index (χ0v) is 15.7. The molecule has 1 unspecified atom stereocenters. The molecule has 134 valence electrons. The fourth-order valence-electron chi connectivity index (χ4n) is 2.97. The molecule has 0 aromatic heterocycles. The van der Waals surface area contributed by atoms with Crippen molar-refractivity contribution in [2.24, 2.45) is 0 Å². The molecule has 4 nitrogen and oxygen atoms in total. The molecule has 0 saturated carbocycles. The highest BCUT2D eigenvalue weighted by atomic mass is 32.1. The lowest BCUT2D eigenvalue weighted by molar-refractivity contribution is -0.113. The first-order valence-corrected chi connectivity index (χ1v) is 8.66. The van der Waals surface area contributed by atoms with Gasteiger partial charge < -0.3 is 15.5 Å². The molecule has 2 aromatic rings. The number of para-hydroxylation sites is 1. The first-order valence-electron chi connectivity index (χ1n) is 8.26. The Hall–Kier alpha value is -2.73. The molecular weight excluding hydrogens is 349 g/mol. The minimum Gasteiger partial charge on any atom is -0.351 e. The van der Waals surface area contributed by atoms with Crippen molar-refractivity contribution in [2.45, 2.75) is 19.9 Å². The van der Waals surface area contributed by atoms with Crippen LogP contribution in [0.25, 0.3) is 0 Å². The Bertz CT molecular complexity index is 909. The average Bonchev–Trinajstić information content (AvgIpc) is 2.61. The number of nitrogens with one attached hydrogen (secondary N) is 2. The number of hydrogen-bond acceptors (Lipinski definition) is 2. The molecule has 0 bridgehead atoms. The van der Waals surface area contributed by atoms with Crippen molar-refractivity contribution in [2.75, 3.05) is 12.4 Å². The van der Waals surface area contributed by atoms with E-state index in [-0.39, 0.29) is 11.7 Å². The highest BCUT2D eigenvalue weighted by Gasteiger charge is 2.32. The number of rotatable bonds is 3. The van der Waals surface area contributed by atoms with Gasteiger partial charge in [-0.25, -0.2) is 4.39 Å². The van der Waals surface area contributed by atoms with Crippen molar-refractivity contribution in [3.05, 3.63) is 76.7 Å². The molecule has 1 aliphatic heterocycles. The molecule has 0 fully saturated rings. The average molecular weight is 369 g/mol. The zero-order valence-electron chi connectivity index (χ0n) is 14.8. The van der Waals surface area contributed by atoms with E-state index in [2.05, 4.69) is 10.6 Å². The van der Waals surface area contributed by atoms with Gasteiger partial charge in [0.2, 0.25) is 0 Å². The van der Waals surface area contributed by atoms with Crippen molar-refractivity contribution in [1.82, 2.24) is 10.2 Å². The molecule has 3 rings (SSSR count). The molecule has 26 heavy (non-hydrogen) atoms. The van der Waals surface area contributed by atoms with Crippen molar-refractivity contribution in [3.8, 4) is 0 Å². The predicted octanol–water partition coefficient (Wildman–Crippen LogP) is 3.91.